The number of nitrogens with zero attached hydrogens (tertiary/aromatic N) is 3. The number of fused-ring (bicyclic) bond motifs is 1. The maximum Gasteiger partial charge on any atom is 0.411 e. The standard InChI is InChI=1S/C22H24Cl2N4O3/c1-13(2)5-4-8-31-22(30)27-16-10-25-21-26-11-17(20(29)28(21)12-16)14(3)15-6-7-18(23)19(24)9-15/h6-7,9-14H,4-5,8H2,1-3H3,(H,27,30)/t14-/m0/s1. The maximum atomic E-state index is 13.1. The third kappa shape index (κ3) is 5.74. The molecule has 0 saturated carbocycles. The number of halogens is 2. The van der Waals surface area contributed by atoms with Gasteiger partial charge in [0.2, 0.25) is 5.78 Å². The lowest BCUT2D eigenvalue weighted by atomic mass is 9.95. The molecule has 2 heterocycles. The Morgan fingerprint density at radius 1 is 1.16 bits per heavy atom. The van der Waals surface area contributed by atoms with Crippen LogP contribution in [0.3, 0.4) is 0 Å². The molecular weight excluding hydrogens is 439 g/mol. The number of ether oxygens (including phenoxy) is 1. The predicted molar refractivity (Wildman–Crippen MR) is 122 cm³/mol. The first-order valence-corrected chi connectivity index (χ1v) is 10.8. The molecule has 0 unspecified atom stereocenters. The van der Waals surface area contributed by atoms with E-state index in [1.165, 1.54) is 23.0 Å². The van der Waals surface area contributed by atoms with Crippen LogP contribution in [0, 0.1) is 5.92 Å². The number of hydrogen-bond acceptors (Lipinski definition) is 5. The number of carbonyl (C=O) groups excluding carboxylic acids is 1. The predicted octanol–water partition coefficient (Wildman–Crippen LogP) is 5.53. The van der Waals surface area contributed by atoms with Gasteiger partial charge in [0.05, 0.1) is 28.5 Å². The highest BCUT2D eigenvalue weighted by Gasteiger charge is 2.16. The fourth-order valence-corrected chi connectivity index (χ4v) is 3.43. The van der Waals surface area contributed by atoms with Crippen LogP contribution >= 0.6 is 23.2 Å². The van der Waals surface area contributed by atoms with E-state index in [1.54, 1.807) is 12.1 Å². The van der Waals surface area contributed by atoms with Gasteiger partial charge in [-0.25, -0.2) is 19.2 Å². The smallest absolute Gasteiger partial charge is 0.411 e. The van der Waals surface area contributed by atoms with Gasteiger partial charge in [0.25, 0.3) is 5.56 Å². The molecule has 0 saturated heterocycles. The topological polar surface area (TPSA) is 85.6 Å². The van der Waals surface area contributed by atoms with Crippen LogP contribution in [0.1, 0.15) is 50.7 Å². The summed E-state index contributed by atoms with van der Waals surface area (Å²) < 4.78 is 6.48. The largest absolute Gasteiger partial charge is 0.449 e. The number of rotatable bonds is 7. The van der Waals surface area contributed by atoms with E-state index >= 15 is 0 Å². The zero-order valence-electron chi connectivity index (χ0n) is 17.6. The quantitative estimate of drug-likeness (QED) is 0.466. The van der Waals surface area contributed by atoms with Crippen molar-refractivity contribution in [3.63, 3.8) is 0 Å². The van der Waals surface area contributed by atoms with Crippen LogP contribution < -0.4 is 10.9 Å². The normalized spacial score (nSPS) is 12.2. The molecule has 0 aliphatic rings. The third-order valence-corrected chi connectivity index (χ3v) is 5.64. The average Bonchev–Trinajstić information content (AvgIpc) is 2.73. The summed E-state index contributed by atoms with van der Waals surface area (Å²) in [7, 11) is 0. The Kier molecular flexibility index (Phi) is 7.51. The number of anilines is 1. The van der Waals surface area contributed by atoms with E-state index in [1.807, 2.05) is 13.0 Å². The molecule has 1 N–H and O–H groups in total. The first kappa shape index (κ1) is 23.0. The monoisotopic (exact) mass is 462 g/mol. The van der Waals surface area contributed by atoms with E-state index in [0.717, 1.165) is 18.4 Å². The van der Waals surface area contributed by atoms with Crippen molar-refractivity contribution in [2.45, 2.75) is 39.5 Å². The molecular formula is C22H24Cl2N4O3. The van der Waals surface area contributed by atoms with Gasteiger partial charge in [-0.3, -0.25) is 10.1 Å². The Labute approximate surface area is 190 Å². The molecule has 0 bridgehead atoms. The molecule has 1 atom stereocenters. The van der Waals surface area contributed by atoms with Gasteiger partial charge in [-0.05, 0) is 36.5 Å². The van der Waals surface area contributed by atoms with Crippen LogP contribution in [0.15, 0.2) is 41.6 Å². The third-order valence-electron chi connectivity index (χ3n) is 4.90. The van der Waals surface area contributed by atoms with Gasteiger partial charge >= 0.3 is 6.09 Å². The Balaban J connectivity index is 1.80. The van der Waals surface area contributed by atoms with Crippen molar-refractivity contribution >= 4 is 40.8 Å². The summed E-state index contributed by atoms with van der Waals surface area (Å²) >= 11 is 12.1. The first-order valence-electron chi connectivity index (χ1n) is 10.0. The van der Waals surface area contributed by atoms with Gasteiger partial charge in [0.1, 0.15) is 0 Å². The molecule has 2 aromatic heterocycles. The van der Waals surface area contributed by atoms with Crippen LogP contribution in [0.4, 0.5) is 10.5 Å². The van der Waals surface area contributed by atoms with Gasteiger partial charge in [0, 0.05) is 23.9 Å². The van der Waals surface area contributed by atoms with Crippen molar-refractivity contribution in [3.8, 4) is 0 Å². The van der Waals surface area contributed by atoms with Gasteiger partial charge in [-0.2, -0.15) is 0 Å². The molecule has 31 heavy (non-hydrogen) atoms. The lowest BCUT2D eigenvalue weighted by molar-refractivity contribution is 0.158. The maximum absolute atomic E-state index is 13.1. The number of aromatic nitrogens is 3. The SMILES string of the molecule is CC(C)CCCOC(=O)Nc1cnc2ncc([C@@H](C)c3ccc(Cl)c(Cl)c3)c(=O)n2c1. The molecule has 0 fully saturated rings. The summed E-state index contributed by atoms with van der Waals surface area (Å²) in [6, 6.07) is 5.24. The Morgan fingerprint density at radius 3 is 2.61 bits per heavy atom. The van der Waals surface area contributed by atoms with E-state index < -0.39 is 6.09 Å². The molecule has 0 aliphatic carbocycles. The van der Waals surface area contributed by atoms with E-state index in [-0.39, 0.29) is 17.3 Å². The second-order valence-corrected chi connectivity index (χ2v) is 8.54. The van der Waals surface area contributed by atoms with Crippen molar-refractivity contribution in [1.29, 1.82) is 0 Å². The zero-order valence-corrected chi connectivity index (χ0v) is 19.1. The Hall–Kier alpha value is -2.64. The van der Waals surface area contributed by atoms with Crippen LogP contribution in [-0.4, -0.2) is 27.1 Å². The minimum absolute atomic E-state index is 0.228. The van der Waals surface area contributed by atoms with Crippen molar-refractivity contribution < 1.29 is 9.53 Å². The van der Waals surface area contributed by atoms with E-state index in [4.69, 9.17) is 27.9 Å². The summed E-state index contributed by atoms with van der Waals surface area (Å²) in [5.74, 6) is 0.511. The molecule has 0 spiro atoms. The van der Waals surface area contributed by atoms with Gasteiger partial charge < -0.3 is 4.74 Å². The fraction of sp³-hybridized carbons (Fsp3) is 0.364. The summed E-state index contributed by atoms with van der Waals surface area (Å²) in [6.07, 6.45) is 5.60. The lowest BCUT2D eigenvalue weighted by Crippen LogP contribution is -2.23. The summed E-state index contributed by atoms with van der Waals surface area (Å²) in [5.41, 5.74) is 1.35. The van der Waals surface area contributed by atoms with Crippen molar-refractivity contribution in [3.05, 3.63) is 68.3 Å². The van der Waals surface area contributed by atoms with Crippen LogP contribution in [-0.2, 0) is 4.74 Å². The van der Waals surface area contributed by atoms with E-state index in [2.05, 4.69) is 29.1 Å². The molecule has 1 aromatic carbocycles. The fourth-order valence-electron chi connectivity index (χ4n) is 3.12. The van der Waals surface area contributed by atoms with Crippen molar-refractivity contribution in [2.75, 3.05) is 11.9 Å². The number of benzene rings is 1. The second kappa shape index (κ2) is 10.1. The molecule has 0 radical (unpaired) electrons. The van der Waals surface area contributed by atoms with Crippen molar-refractivity contribution in [2.24, 2.45) is 5.92 Å². The van der Waals surface area contributed by atoms with Crippen LogP contribution in [0.5, 0.6) is 0 Å². The lowest BCUT2D eigenvalue weighted by Gasteiger charge is -2.13. The second-order valence-electron chi connectivity index (χ2n) is 7.72. The number of hydrogen-bond donors (Lipinski definition) is 1. The Bertz CT molecular complexity index is 1150. The molecule has 3 rings (SSSR count). The minimum Gasteiger partial charge on any atom is -0.449 e. The molecule has 164 valence electrons. The highest BCUT2D eigenvalue weighted by Crippen LogP contribution is 2.28. The van der Waals surface area contributed by atoms with Gasteiger partial charge in [0.15, 0.2) is 0 Å². The van der Waals surface area contributed by atoms with Crippen molar-refractivity contribution in [1.82, 2.24) is 14.4 Å². The first-order chi connectivity index (χ1) is 14.8. The number of nitrogens with one attached hydrogen (secondary N) is 1. The minimum atomic E-state index is -0.591. The van der Waals surface area contributed by atoms with Crippen LogP contribution in [0.2, 0.25) is 10.0 Å². The molecule has 7 nitrogen and oxygen atoms in total. The summed E-state index contributed by atoms with van der Waals surface area (Å²) in [4.78, 5) is 33.5. The zero-order chi connectivity index (χ0) is 22.5. The molecule has 3 aromatic rings. The number of amides is 1. The van der Waals surface area contributed by atoms with E-state index in [0.29, 0.717) is 33.8 Å². The number of carbonyl (C=O) groups is 1. The highest BCUT2D eigenvalue weighted by molar-refractivity contribution is 6.42. The van der Waals surface area contributed by atoms with Crippen LogP contribution in [0.25, 0.3) is 5.78 Å². The van der Waals surface area contributed by atoms with E-state index in [9.17, 15) is 9.59 Å². The highest BCUT2D eigenvalue weighted by atomic mass is 35.5. The van der Waals surface area contributed by atoms with Gasteiger partial charge in [-0.15, -0.1) is 0 Å². The van der Waals surface area contributed by atoms with Gasteiger partial charge in [-0.1, -0.05) is 50.0 Å². The Morgan fingerprint density at radius 2 is 1.90 bits per heavy atom. The molecule has 1 amide bonds. The summed E-state index contributed by atoms with van der Waals surface area (Å²) in [5, 5.41) is 3.46. The average molecular weight is 463 g/mol. The summed E-state index contributed by atoms with van der Waals surface area (Å²) in [6.45, 7) is 6.44. The molecule has 0 aliphatic heterocycles. The molecule has 9 heteroatoms.